The second kappa shape index (κ2) is 17.5. The van der Waals surface area contributed by atoms with Gasteiger partial charge in [0.15, 0.2) is 18.1 Å². The van der Waals surface area contributed by atoms with Gasteiger partial charge in [0.1, 0.15) is 54.2 Å². The fourth-order valence-electron chi connectivity index (χ4n) is 8.57. The van der Waals surface area contributed by atoms with Gasteiger partial charge in [0, 0.05) is 25.8 Å². The average molecular weight is 749 g/mol. The van der Waals surface area contributed by atoms with E-state index in [9.17, 15) is 35.1 Å². The van der Waals surface area contributed by atoms with Crippen molar-refractivity contribution in [1.82, 2.24) is 10.4 Å². The highest BCUT2D eigenvalue weighted by Gasteiger charge is 2.76. The second-order valence-corrected chi connectivity index (χ2v) is 14.8. The Hall–Kier alpha value is -2.54. The van der Waals surface area contributed by atoms with Gasteiger partial charge in [-0.2, -0.15) is 5.06 Å². The van der Waals surface area contributed by atoms with Crippen molar-refractivity contribution < 1.29 is 63.6 Å². The molecule has 0 unspecified atom stereocenters. The fourth-order valence-corrected chi connectivity index (χ4v) is 8.57. The first-order valence-electron chi connectivity index (χ1n) is 19.2. The number of benzene rings is 1. The molecule has 0 aromatic heterocycles. The van der Waals surface area contributed by atoms with Crippen LogP contribution in [0.2, 0.25) is 0 Å². The lowest BCUT2D eigenvalue weighted by atomic mass is 9.62. The third kappa shape index (κ3) is 7.94. The zero-order chi connectivity index (χ0) is 37.8. The van der Waals surface area contributed by atoms with Crippen LogP contribution in [0.5, 0.6) is 0 Å². The van der Waals surface area contributed by atoms with E-state index in [0.29, 0.717) is 12.8 Å². The summed E-state index contributed by atoms with van der Waals surface area (Å²) in [5.41, 5.74) is 0.171. The summed E-state index contributed by atoms with van der Waals surface area (Å²) in [4.78, 5) is 34.9. The van der Waals surface area contributed by atoms with E-state index >= 15 is 0 Å². The van der Waals surface area contributed by atoms with Gasteiger partial charge in [0.2, 0.25) is 5.91 Å². The van der Waals surface area contributed by atoms with Crippen LogP contribution in [0.25, 0.3) is 6.08 Å². The molecule has 1 aliphatic carbocycles. The van der Waals surface area contributed by atoms with Crippen molar-refractivity contribution in [1.29, 1.82) is 0 Å². The lowest BCUT2D eigenvalue weighted by Gasteiger charge is -2.48. The molecule has 5 aliphatic rings. The Kier molecular flexibility index (Phi) is 13.3. The standard InChI is InChI=1S/C38H56N2O13/c1-3-5-9-15-37(16-10-6-4-2)51-30-25-20-38(36(47)39-17-18-41)32(34(46)49-25)40(53-33(38)31(30)52-37)21-24-13-8-7-12-23(24)14-11-19-48-35-29(45)28(44)27(43)26(22-42)50-35/h7-8,11-14,25-33,35,41-45H,3-6,9-10,15-22H2,1-2H3,(H,39,47)/t25-,26-,27+,28+,29-,30+,31+,32+,33-,35+,38+/m1/s1. The number of carbonyl (C=O) groups is 2. The molecule has 1 aromatic rings. The van der Waals surface area contributed by atoms with Crippen LogP contribution in [0.1, 0.15) is 82.8 Å². The van der Waals surface area contributed by atoms with Gasteiger partial charge in [0.05, 0.1) is 26.4 Å². The SMILES string of the molecule is CCCCCC1(CCCCC)O[C@@H]2[C@H](O1)[C@H]1ON(Cc3ccccc3C=CCO[C@H]3O[C@H](CO)[C@H](O)[C@H](O)[C@H]3O)[C@H]3C(=O)O[C@@H]2C[C@@]13C(=O)NCCO. The number of hydroxylamine groups is 2. The summed E-state index contributed by atoms with van der Waals surface area (Å²) >= 11 is 0. The number of nitrogens with zero attached hydrogens (tertiary/aromatic N) is 1. The molecule has 1 saturated carbocycles. The van der Waals surface area contributed by atoms with Crippen molar-refractivity contribution in [2.45, 2.75) is 145 Å². The number of rotatable bonds is 18. The smallest absolute Gasteiger partial charge is 0.327 e. The maximum absolute atomic E-state index is 14.2. The van der Waals surface area contributed by atoms with Crippen molar-refractivity contribution in [2.24, 2.45) is 5.41 Å². The number of esters is 1. The van der Waals surface area contributed by atoms with E-state index < -0.39 is 90.8 Å². The number of aliphatic hydroxyl groups is 5. The van der Waals surface area contributed by atoms with Gasteiger partial charge < -0.3 is 54.5 Å². The van der Waals surface area contributed by atoms with Gasteiger partial charge in [-0.1, -0.05) is 75.9 Å². The maximum atomic E-state index is 14.2. The zero-order valence-electron chi connectivity index (χ0n) is 30.6. The third-order valence-corrected chi connectivity index (χ3v) is 11.3. The number of hydrogen-bond donors (Lipinski definition) is 6. The lowest BCUT2D eigenvalue weighted by Crippen LogP contribution is -2.69. The Morgan fingerprint density at radius 3 is 2.42 bits per heavy atom. The van der Waals surface area contributed by atoms with Crippen LogP contribution in [0.4, 0.5) is 0 Å². The number of nitrogens with one attached hydrogen (secondary N) is 1. The monoisotopic (exact) mass is 748 g/mol. The van der Waals surface area contributed by atoms with Gasteiger partial charge in [-0.15, -0.1) is 0 Å². The van der Waals surface area contributed by atoms with Crippen LogP contribution in [0, 0.1) is 5.41 Å². The van der Waals surface area contributed by atoms with E-state index in [-0.39, 0.29) is 32.7 Å². The Morgan fingerprint density at radius 1 is 1.00 bits per heavy atom. The summed E-state index contributed by atoms with van der Waals surface area (Å²) in [5, 5.41) is 53.9. The predicted molar refractivity (Wildman–Crippen MR) is 187 cm³/mol. The molecule has 1 aromatic carbocycles. The number of aliphatic hydroxyl groups excluding tert-OH is 5. The molecule has 4 saturated heterocycles. The van der Waals surface area contributed by atoms with Crippen molar-refractivity contribution in [3.8, 4) is 0 Å². The summed E-state index contributed by atoms with van der Waals surface area (Å²) < 4.78 is 30.8. The quantitative estimate of drug-likeness (QED) is 0.0918. The summed E-state index contributed by atoms with van der Waals surface area (Å²) in [5.74, 6) is -1.87. The number of ether oxygens (including phenoxy) is 5. The van der Waals surface area contributed by atoms with Gasteiger partial charge in [-0.05, 0) is 24.0 Å². The first-order valence-corrected chi connectivity index (χ1v) is 19.2. The highest BCUT2D eigenvalue weighted by molar-refractivity contribution is 5.93. The molecule has 2 bridgehead atoms. The van der Waals surface area contributed by atoms with Gasteiger partial charge in [-0.25, -0.2) is 0 Å². The Labute approximate surface area is 310 Å². The van der Waals surface area contributed by atoms with E-state index in [1.54, 1.807) is 12.2 Å². The summed E-state index contributed by atoms with van der Waals surface area (Å²) in [7, 11) is 0. The molecule has 4 heterocycles. The summed E-state index contributed by atoms with van der Waals surface area (Å²) in [6.07, 6.45) is 1.19. The number of fused-ring (bicyclic) bond motifs is 4. The predicted octanol–water partition coefficient (Wildman–Crippen LogP) is 1.07. The number of amides is 1. The summed E-state index contributed by atoms with van der Waals surface area (Å²) in [6.45, 7) is 3.55. The van der Waals surface area contributed by atoms with Crippen LogP contribution >= 0.6 is 0 Å². The van der Waals surface area contributed by atoms with Crippen LogP contribution in [0.15, 0.2) is 30.3 Å². The molecule has 53 heavy (non-hydrogen) atoms. The van der Waals surface area contributed by atoms with Crippen molar-refractivity contribution in [2.75, 3.05) is 26.4 Å². The van der Waals surface area contributed by atoms with Crippen LogP contribution in [-0.4, -0.2) is 136 Å². The largest absolute Gasteiger partial charge is 0.458 e. The molecule has 0 spiro atoms. The first-order chi connectivity index (χ1) is 25.6. The zero-order valence-corrected chi connectivity index (χ0v) is 30.6. The van der Waals surface area contributed by atoms with Crippen molar-refractivity contribution >= 4 is 18.0 Å². The third-order valence-electron chi connectivity index (χ3n) is 11.3. The first kappa shape index (κ1) is 40.1. The van der Waals surface area contributed by atoms with Crippen LogP contribution in [0.3, 0.4) is 0 Å². The van der Waals surface area contributed by atoms with Gasteiger partial charge in [-0.3, -0.25) is 14.4 Å². The lowest BCUT2D eigenvalue weighted by molar-refractivity contribution is -0.298. The second-order valence-electron chi connectivity index (χ2n) is 14.8. The highest BCUT2D eigenvalue weighted by Crippen LogP contribution is 2.58. The van der Waals surface area contributed by atoms with Gasteiger partial charge in [0.25, 0.3) is 0 Å². The molecule has 296 valence electrons. The number of carbonyl (C=O) groups excluding carboxylic acids is 2. The molecule has 15 heteroatoms. The van der Waals surface area contributed by atoms with E-state index in [4.69, 9.17) is 28.5 Å². The molecule has 1 amide bonds. The Balaban J connectivity index is 1.24. The number of unbranched alkanes of at least 4 members (excludes halogenated alkanes) is 4. The minimum atomic E-state index is -1.55. The molecule has 6 N–H and O–H groups in total. The van der Waals surface area contributed by atoms with Crippen molar-refractivity contribution in [3.63, 3.8) is 0 Å². The number of hydrogen-bond acceptors (Lipinski definition) is 14. The van der Waals surface area contributed by atoms with Crippen LogP contribution in [-0.2, 0) is 44.7 Å². The highest BCUT2D eigenvalue weighted by atomic mass is 16.8. The molecule has 5 fully saturated rings. The van der Waals surface area contributed by atoms with E-state index in [2.05, 4.69) is 19.2 Å². The average Bonchev–Trinajstić information content (AvgIpc) is 3.71. The minimum absolute atomic E-state index is 0.0159. The Morgan fingerprint density at radius 2 is 1.72 bits per heavy atom. The fraction of sp³-hybridized carbons (Fsp3) is 0.737. The molecule has 0 radical (unpaired) electrons. The summed E-state index contributed by atoms with van der Waals surface area (Å²) in [6, 6.07) is 6.36. The van der Waals surface area contributed by atoms with E-state index in [1.165, 1.54) is 5.06 Å². The topological polar surface area (TPSA) is 206 Å². The van der Waals surface area contributed by atoms with E-state index in [0.717, 1.165) is 49.7 Å². The molecular weight excluding hydrogens is 692 g/mol. The van der Waals surface area contributed by atoms with E-state index in [1.807, 2.05) is 24.3 Å². The Bertz CT molecular complexity index is 1420. The molecular formula is C38H56N2O13. The molecule has 15 nitrogen and oxygen atoms in total. The van der Waals surface area contributed by atoms with Crippen molar-refractivity contribution in [3.05, 3.63) is 41.5 Å². The molecule has 11 atom stereocenters. The molecule has 6 rings (SSSR count). The maximum Gasteiger partial charge on any atom is 0.327 e. The normalized spacial score (nSPS) is 36.1. The van der Waals surface area contributed by atoms with Crippen LogP contribution < -0.4 is 5.32 Å². The molecule has 4 aliphatic heterocycles. The van der Waals surface area contributed by atoms with Gasteiger partial charge >= 0.3 is 5.97 Å². The minimum Gasteiger partial charge on any atom is -0.458 e.